The number of oxime groups is 1. The normalized spacial score (nSPS) is 16.2. The van der Waals surface area contributed by atoms with Gasteiger partial charge in [0.2, 0.25) is 0 Å². The fourth-order valence-electron chi connectivity index (χ4n) is 2.35. The van der Waals surface area contributed by atoms with Gasteiger partial charge in [-0.3, -0.25) is 9.69 Å². The smallest absolute Gasteiger partial charge is 0.410 e. The Kier molecular flexibility index (Phi) is 3.13. The summed E-state index contributed by atoms with van der Waals surface area (Å²) in [6, 6.07) is 10.8. The third-order valence-electron chi connectivity index (χ3n) is 3.36. The van der Waals surface area contributed by atoms with Crippen molar-refractivity contribution in [3.63, 3.8) is 0 Å². The average Bonchev–Trinajstić information content (AvgIpc) is 2.78. The Bertz CT molecular complexity index is 767. The maximum Gasteiger partial charge on any atom is 0.416 e. The first-order valence-electron chi connectivity index (χ1n) is 6.26. The number of benzene rings is 2. The zero-order chi connectivity index (χ0) is 15.9. The van der Waals surface area contributed by atoms with Crippen LogP contribution in [-0.2, 0) is 11.0 Å². The van der Waals surface area contributed by atoms with Gasteiger partial charge in [0, 0.05) is 11.3 Å². The number of hydrogen-bond acceptors (Lipinski definition) is 3. The van der Waals surface area contributed by atoms with Crippen molar-refractivity contribution in [3.8, 4) is 0 Å². The standard InChI is InChI=1S/C15H9F3N2O2/c16-15(17,18)9-5-7-10(8-6-9)20-12-4-2-1-3-11(12)13(19-22)14(20)21/h1-8,22H. The van der Waals surface area contributed by atoms with E-state index in [2.05, 4.69) is 5.16 Å². The van der Waals surface area contributed by atoms with Crippen molar-refractivity contribution in [1.29, 1.82) is 0 Å². The molecule has 1 amide bonds. The number of para-hydroxylation sites is 1. The number of halogens is 3. The number of anilines is 2. The van der Waals surface area contributed by atoms with Crippen LogP contribution in [0.2, 0.25) is 0 Å². The van der Waals surface area contributed by atoms with Crippen molar-refractivity contribution in [2.45, 2.75) is 6.18 Å². The molecule has 0 fully saturated rings. The molecule has 112 valence electrons. The molecule has 0 bridgehead atoms. The van der Waals surface area contributed by atoms with Crippen LogP contribution in [0, 0.1) is 0 Å². The van der Waals surface area contributed by atoms with Crippen molar-refractivity contribution >= 4 is 23.0 Å². The second-order valence-electron chi connectivity index (χ2n) is 4.65. The minimum absolute atomic E-state index is 0.143. The van der Waals surface area contributed by atoms with E-state index in [9.17, 15) is 18.0 Å². The minimum Gasteiger partial charge on any atom is -0.410 e. The quantitative estimate of drug-likeness (QED) is 0.647. The summed E-state index contributed by atoms with van der Waals surface area (Å²) in [5.41, 5.74) is 0.210. The van der Waals surface area contributed by atoms with Crippen molar-refractivity contribution < 1.29 is 23.2 Å². The predicted octanol–water partition coefficient (Wildman–Crippen LogP) is 3.56. The van der Waals surface area contributed by atoms with Gasteiger partial charge in [-0.2, -0.15) is 13.2 Å². The van der Waals surface area contributed by atoms with Crippen LogP contribution in [0.1, 0.15) is 11.1 Å². The minimum atomic E-state index is -4.44. The van der Waals surface area contributed by atoms with Gasteiger partial charge < -0.3 is 5.21 Å². The number of rotatable bonds is 1. The molecular weight excluding hydrogens is 297 g/mol. The highest BCUT2D eigenvalue weighted by atomic mass is 19.4. The largest absolute Gasteiger partial charge is 0.416 e. The lowest BCUT2D eigenvalue weighted by molar-refractivity contribution is -0.137. The molecule has 0 aliphatic carbocycles. The van der Waals surface area contributed by atoms with E-state index in [-0.39, 0.29) is 11.4 Å². The van der Waals surface area contributed by atoms with E-state index in [1.807, 2.05) is 0 Å². The monoisotopic (exact) mass is 306 g/mol. The van der Waals surface area contributed by atoms with Gasteiger partial charge in [0.05, 0.1) is 11.3 Å². The average molecular weight is 306 g/mol. The lowest BCUT2D eigenvalue weighted by Gasteiger charge is -2.17. The molecule has 4 nitrogen and oxygen atoms in total. The highest BCUT2D eigenvalue weighted by molar-refractivity contribution is 6.55. The molecule has 0 saturated carbocycles. The molecule has 22 heavy (non-hydrogen) atoms. The zero-order valence-corrected chi connectivity index (χ0v) is 11.0. The van der Waals surface area contributed by atoms with Crippen LogP contribution in [-0.4, -0.2) is 16.8 Å². The second-order valence-corrected chi connectivity index (χ2v) is 4.65. The molecule has 2 aromatic carbocycles. The number of fused-ring (bicyclic) bond motifs is 1. The Hall–Kier alpha value is -2.83. The van der Waals surface area contributed by atoms with Gasteiger partial charge in [0.15, 0.2) is 5.71 Å². The number of nitrogens with zero attached hydrogens (tertiary/aromatic N) is 2. The van der Waals surface area contributed by atoms with Gasteiger partial charge in [0.25, 0.3) is 5.91 Å². The van der Waals surface area contributed by atoms with E-state index in [1.54, 1.807) is 24.3 Å². The maximum absolute atomic E-state index is 12.6. The molecule has 0 aromatic heterocycles. The molecule has 1 aliphatic heterocycles. The number of carbonyl (C=O) groups excluding carboxylic acids is 1. The number of hydrogen-bond donors (Lipinski definition) is 1. The van der Waals surface area contributed by atoms with Gasteiger partial charge in [-0.25, -0.2) is 0 Å². The molecule has 0 unspecified atom stereocenters. The third-order valence-corrected chi connectivity index (χ3v) is 3.36. The van der Waals surface area contributed by atoms with Crippen LogP contribution in [0.4, 0.5) is 24.5 Å². The highest BCUT2D eigenvalue weighted by Gasteiger charge is 2.36. The molecule has 7 heteroatoms. The first-order chi connectivity index (χ1) is 10.4. The lowest BCUT2D eigenvalue weighted by Crippen LogP contribution is -2.25. The Labute approximate surface area is 123 Å². The van der Waals surface area contributed by atoms with Crippen LogP contribution in [0.3, 0.4) is 0 Å². The molecule has 1 heterocycles. The fourth-order valence-corrected chi connectivity index (χ4v) is 2.35. The summed E-state index contributed by atoms with van der Waals surface area (Å²) in [6.07, 6.45) is -4.44. The molecular formula is C15H9F3N2O2. The van der Waals surface area contributed by atoms with Crippen molar-refractivity contribution in [1.82, 2.24) is 0 Å². The van der Waals surface area contributed by atoms with Crippen LogP contribution >= 0.6 is 0 Å². The Morgan fingerprint density at radius 3 is 2.23 bits per heavy atom. The van der Waals surface area contributed by atoms with Gasteiger partial charge >= 0.3 is 6.18 Å². The molecule has 3 rings (SSSR count). The maximum atomic E-state index is 12.6. The van der Waals surface area contributed by atoms with E-state index >= 15 is 0 Å². The number of carbonyl (C=O) groups is 1. The molecule has 1 aliphatic rings. The SMILES string of the molecule is O=C1C(=NO)c2ccccc2N1c1ccc(C(F)(F)F)cc1. The lowest BCUT2D eigenvalue weighted by atomic mass is 10.1. The Morgan fingerprint density at radius 1 is 1.00 bits per heavy atom. The van der Waals surface area contributed by atoms with E-state index < -0.39 is 17.6 Å². The number of alkyl halides is 3. The van der Waals surface area contributed by atoms with Crippen LogP contribution in [0.15, 0.2) is 53.7 Å². The Balaban J connectivity index is 2.07. The zero-order valence-electron chi connectivity index (χ0n) is 11.0. The van der Waals surface area contributed by atoms with Crippen LogP contribution < -0.4 is 4.90 Å². The predicted molar refractivity (Wildman–Crippen MR) is 73.4 cm³/mol. The van der Waals surface area contributed by atoms with Crippen LogP contribution in [0.5, 0.6) is 0 Å². The fraction of sp³-hybridized carbons (Fsp3) is 0.0667. The first-order valence-corrected chi connectivity index (χ1v) is 6.26. The van der Waals surface area contributed by atoms with E-state index in [0.717, 1.165) is 12.1 Å². The summed E-state index contributed by atoms with van der Waals surface area (Å²) >= 11 is 0. The number of amides is 1. The summed E-state index contributed by atoms with van der Waals surface area (Å²) in [7, 11) is 0. The van der Waals surface area contributed by atoms with Crippen molar-refractivity contribution in [2.24, 2.45) is 5.16 Å². The molecule has 2 aromatic rings. The molecule has 1 N–H and O–H groups in total. The summed E-state index contributed by atoms with van der Waals surface area (Å²) in [5, 5.41) is 12.0. The van der Waals surface area contributed by atoms with Gasteiger partial charge in [0.1, 0.15) is 0 Å². The van der Waals surface area contributed by atoms with E-state index in [1.165, 1.54) is 17.0 Å². The topological polar surface area (TPSA) is 52.9 Å². The van der Waals surface area contributed by atoms with E-state index in [0.29, 0.717) is 11.3 Å². The van der Waals surface area contributed by atoms with Crippen molar-refractivity contribution in [3.05, 3.63) is 59.7 Å². The van der Waals surface area contributed by atoms with Crippen molar-refractivity contribution in [2.75, 3.05) is 4.90 Å². The summed E-state index contributed by atoms with van der Waals surface area (Å²) in [4.78, 5) is 13.5. The molecule has 0 saturated heterocycles. The highest BCUT2D eigenvalue weighted by Crippen LogP contribution is 2.37. The molecule has 0 atom stereocenters. The third kappa shape index (κ3) is 2.11. The van der Waals surface area contributed by atoms with Crippen LogP contribution in [0.25, 0.3) is 0 Å². The Morgan fingerprint density at radius 2 is 1.64 bits per heavy atom. The van der Waals surface area contributed by atoms with Gasteiger partial charge in [-0.15, -0.1) is 0 Å². The summed E-state index contributed by atoms with van der Waals surface area (Å²) in [6.45, 7) is 0. The molecule has 0 radical (unpaired) electrons. The second kappa shape index (κ2) is 4.87. The first kappa shape index (κ1) is 14.1. The summed E-state index contributed by atoms with van der Waals surface area (Å²) in [5.74, 6) is -0.594. The van der Waals surface area contributed by atoms with E-state index in [4.69, 9.17) is 5.21 Å². The molecule has 0 spiro atoms. The summed E-state index contributed by atoms with van der Waals surface area (Å²) < 4.78 is 37.8. The van der Waals surface area contributed by atoms with Gasteiger partial charge in [-0.1, -0.05) is 23.4 Å². The van der Waals surface area contributed by atoms with Gasteiger partial charge in [-0.05, 0) is 30.3 Å².